The number of rotatable bonds is 6. The summed E-state index contributed by atoms with van der Waals surface area (Å²) in [5.74, 6) is 0.507. The number of carbonyl (C=O) groups is 3. The molecule has 0 aromatic heterocycles. The average Bonchev–Trinajstić information content (AvgIpc) is 2.88. The Morgan fingerprint density at radius 3 is 2.15 bits per heavy atom. The van der Waals surface area contributed by atoms with E-state index in [1.54, 1.807) is 24.1 Å². The molecule has 2 aromatic carbocycles. The zero-order chi connectivity index (χ0) is 24.1. The molecule has 0 saturated carbocycles. The maximum absolute atomic E-state index is 13.0. The van der Waals surface area contributed by atoms with Gasteiger partial charge in [-0.1, -0.05) is 18.2 Å². The lowest BCUT2D eigenvalue weighted by Gasteiger charge is -2.45. The van der Waals surface area contributed by atoms with Crippen LogP contribution in [0.15, 0.2) is 54.6 Å². The minimum atomic E-state index is -0.382. The summed E-state index contributed by atoms with van der Waals surface area (Å²) in [4.78, 5) is 41.8. The first-order chi connectivity index (χ1) is 16.5. The number of piperidine rings is 2. The minimum Gasteiger partial charge on any atom is -0.497 e. The number of nitrogens with zero attached hydrogens (tertiary/aromatic N) is 2. The lowest BCUT2D eigenvalue weighted by atomic mass is 9.87. The summed E-state index contributed by atoms with van der Waals surface area (Å²) >= 11 is 0. The van der Waals surface area contributed by atoms with Gasteiger partial charge in [0, 0.05) is 30.5 Å². The summed E-state index contributed by atoms with van der Waals surface area (Å²) in [6, 6.07) is 16.5. The van der Waals surface area contributed by atoms with Crippen LogP contribution < -0.4 is 4.74 Å². The van der Waals surface area contributed by atoms with Gasteiger partial charge in [0.1, 0.15) is 11.9 Å². The Morgan fingerprint density at radius 1 is 0.853 bits per heavy atom. The average molecular weight is 465 g/mol. The number of esters is 1. The van der Waals surface area contributed by atoms with Gasteiger partial charge >= 0.3 is 5.97 Å². The van der Waals surface area contributed by atoms with E-state index in [0.29, 0.717) is 24.2 Å². The second kappa shape index (κ2) is 10.8. The first kappa shape index (κ1) is 24.0. The largest absolute Gasteiger partial charge is 0.497 e. The highest BCUT2D eigenvalue weighted by molar-refractivity contribution is 5.98. The number of methoxy groups -OCH3 is 1. The van der Waals surface area contributed by atoms with E-state index >= 15 is 0 Å². The number of carbonyl (C=O) groups excluding carboxylic acids is 3. The molecule has 2 atom stereocenters. The normalized spacial score (nSPS) is 21.6. The predicted molar refractivity (Wildman–Crippen MR) is 128 cm³/mol. The number of benzene rings is 2. The maximum Gasteiger partial charge on any atom is 0.303 e. The van der Waals surface area contributed by atoms with Gasteiger partial charge < -0.3 is 14.4 Å². The smallest absolute Gasteiger partial charge is 0.303 e. The van der Waals surface area contributed by atoms with Crippen LogP contribution >= 0.6 is 0 Å². The number of hydrogen-bond donors (Lipinski definition) is 0. The third-order valence-electron chi connectivity index (χ3n) is 6.89. The summed E-state index contributed by atoms with van der Waals surface area (Å²) in [5.41, 5.74) is 1.35. The zero-order valence-electron chi connectivity index (χ0n) is 19.8. The summed E-state index contributed by atoms with van der Waals surface area (Å²) in [7, 11) is 1.61. The second-order valence-corrected chi connectivity index (χ2v) is 9.02. The van der Waals surface area contributed by atoms with E-state index in [9.17, 15) is 14.4 Å². The van der Waals surface area contributed by atoms with Crippen molar-refractivity contribution in [2.75, 3.05) is 33.3 Å². The Kier molecular flexibility index (Phi) is 7.63. The van der Waals surface area contributed by atoms with Crippen LogP contribution in [0.5, 0.6) is 5.75 Å². The Balaban J connectivity index is 1.38. The zero-order valence-corrected chi connectivity index (χ0v) is 19.8. The van der Waals surface area contributed by atoms with Gasteiger partial charge in [0.2, 0.25) is 0 Å². The fourth-order valence-electron chi connectivity index (χ4n) is 5.08. The molecular weight excluding hydrogens is 432 g/mol. The van der Waals surface area contributed by atoms with Crippen molar-refractivity contribution in [3.8, 4) is 5.75 Å². The molecule has 1 amide bonds. The van der Waals surface area contributed by atoms with Crippen molar-refractivity contribution in [1.29, 1.82) is 0 Å². The van der Waals surface area contributed by atoms with Gasteiger partial charge in [-0.2, -0.15) is 0 Å². The molecule has 2 unspecified atom stereocenters. The molecule has 7 nitrogen and oxygen atoms in total. The molecule has 0 radical (unpaired) electrons. The van der Waals surface area contributed by atoms with Gasteiger partial charge in [-0.15, -0.1) is 0 Å². The fraction of sp³-hybridized carbons (Fsp3) is 0.444. The highest BCUT2D eigenvalue weighted by atomic mass is 16.5. The van der Waals surface area contributed by atoms with E-state index in [4.69, 9.17) is 9.47 Å². The van der Waals surface area contributed by atoms with Gasteiger partial charge in [-0.3, -0.25) is 19.3 Å². The van der Waals surface area contributed by atoms with E-state index in [0.717, 1.165) is 38.1 Å². The quantitative estimate of drug-likeness (QED) is 0.482. The maximum atomic E-state index is 13.0. The molecule has 7 heteroatoms. The van der Waals surface area contributed by atoms with Crippen molar-refractivity contribution in [3.63, 3.8) is 0 Å². The van der Waals surface area contributed by atoms with Gasteiger partial charge in [-0.25, -0.2) is 0 Å². The van der Waals surface area contributed by atoms with Gasteiger partial charge in [-0.05, 0) is 68.8 Å². The van der Waals surface area contributed by atoms with E-state index in [-0.39, 0.29) is 35.7 Å². The van der Waals surface area contributed by atoms with Crippen LogP contribution in [0.4, 0.5) is 0 Å². The Morgan fingerprint density at radius 2 is 1.53 bits per heavy atom. The fourth-order valence-corrected chi connectivity index (χ4v) is 5.08. The van der Waals surface area contributed by atoms with Crippen molar-refractivity contribution in [2.24, 2.45) is 5.92 Å². The Bertz CT molecular complexity index is 999. The van der Waals surface area contributed by atoms with Crippen LogP contribution in [0.25, 0.3) is 0 Å². The van der Waals surface area contributed by atoms with Crippen LogP contribution in [0.1, 0.15) is 46.9 Å². The molecule has 4 rings (SSSR count). The van der Waals surface area contributed by atoms with Gasteiger partial charge in [0.25, 0.3) is 5.91 Å². The number of amides is 1. The molecule has 180 valence electrons. The Labute approximate surface area is 200 Å². The third-order valence-corrected chi connectivity index (χ3v) is 6.89. The molecule has 2 saturated heterocycles. The highest BCUT2D eigenvalue weighted by Gasteiger charge is 2.39. The number of Topliss-reactive ketones (excluding diaryl/α,β-unsaturated/α-hetero) is 1. The molecule has 2 aliphatic rings. The summed E-state index contributed by atoms with van der Waals surface area (Å²) in [5, 5.41) is 0. The minimum absolute atomic E-state index is 0.0171. The van der Waals surface area contributed by atoms with E-state index in [2.05, 4.69) is 4.90 Å². The third kappa shape index (κ3) is 5.47. The first-order valence-electron chi connectivity index (χ1n) is 11.9. The van der Waals surface area contributed by atoms with E-state index < -0.39 is 0 Å². The topological polar surface area (TPSA) is 76.2 Å². The molecule has 2 heterocycles. The highest BCUT2D eigenvalue weighted by Crippen LogP contribution is 2.28. The predicted octanol–water partition coefficient (Wildman–Crippen LogP) is 3.44. The molecule has 0 N–H and O–H groups in total. The number of hydrogen-bond acceptors (Lipinski definition) is 6. The first-order valence-corrected chi connectivity index (χ1v) is 11.9. The van der Waals surface area contributed by atoms with Crippen LogP contribution in [-0.2, 0) is 9.53 Å². The van der Waals surface area contributed by atoms with Crippen molar-refractivity contribution in [1.82, 2.24) is 9.80 Å². The van der Waals surface area contributed by atoms with Crippen LogP contribution in [0, 0.1) is 5.92 Å². The second-order valence-electron chi connectivity index (χ2n) is 9.02. The lowest BCUT2D eigenvalue weighted by Crippen LogP contribution is -2.58. The van der Waals surface area contributed by atoms with Crippen molar-refractivity contribution in [3.05, 3.63) is 65.7 Å². The molecule has 0 bridgehead atoms. The number of likely N-dealkylation sites (tertiary alicyclic amines) is 2. The van der Waals surface area contributed by atoms with E-state index in [1.165, 1.54) is 6.92 Å². The van der Waals surface area contributed by atoms with Crippen LogP contribution in [-0.4, -0.2) is 72.9 Å². The van der Waals surface area contributed by atoms with Crippen molar-refractivity contribution in [2.45, 2.75) is 38.3 Å². The Hall–Kier alpha value is -3.19. The summed E-state index contributed by atoms with van der Waals surface area (Å²) in [6.45, 7) is 3.93. The van der Waals surface area contributed by atoms with Crippen LogP contribution in [0.2, 0.25) is 0 Å². The molecule has 2 fully saturated rings. The van der Waals surface area contributed by atoms with Gasteiger partial charge in [0.05, 0.1) is 19.7 Å². The molecule has 2 aliphatic heterocycles. The summed E-state index contributed by atoms with van der Waals surface area (Å²) in [6.07, 6.45) is 1.88. The standard InChI is InChI=1S/C27H32N2O5/c1-19(30)34-25-18-29(27(32)22-6-4-3-5-7-22)17-14-24(25)28-15-12-21(13-16-28)26(31)20-8-10-23(33-2)11-9-20/h3-11,21,24-25H,12-18H2,1-2H3. The summed E-state index contributed by atoms with van der Waals surface area (Å²) < 4.78 is 10.9. The van der Waals surface area contributed by atoms with Crippen molar-refractivity contribution >= 4 is 17.7 Å². The van der Waals surface area contributed by atoms with Gasteiger partial charge in [0.15, 0.2) is 5.78 Å². The van der Waals surface area contributed by atoms with Crippen LogP contribution in [0.3, 0.4) is 0 Å². The molecule has 0 aliphatic carbocycles. The molecular formula is C27H32N2O5. The van der Waals surface area contributed by atoms with Crippen molar-refractivity contribution < 1.29 is 23.9 Å². The molecule has 2 aromatic rings. The molecule has 34 heavy (non-hydrogen) atoms. The number of ketones is 1. The lowest BCUT2D eigenvalue weighted by molar-refractivity contribution is -0.153. The SMILES string of the molecule is COc1ccc(C(=O)C2CCN(C3CCN(C(=O)c4ccccc4)CC3OC(C)=O)CC2)cc1. The number of ether oxygens (including phenoxy) is 2. The molecule has 0 spiro atoms. The monoisotopic (exact) mass is 464 g/mol. The van der Waals surface area contributed by atoms with E-state index in [1.807, 2.05) is 42.5 Å².